The van der Waals surface area contributed by atoms with E-state index in [1.807, 2.05) is 0 Å². The zero-order valence-corrected chi connectivity index (χ0v) is 14.4. The van der Waals surface area contributed by atoms with Crippen molar-refractivity contribution in [3.63, 3.8) is 0 Å². The zero-order chi connectivity index (χ0) is 12.5. The Labute approximate surface area is 147 Å². The fraction of sp³-hybridized carbons (Fsp3) is 0. The summed E-state index contributed by atoms with van der Waals surface area (Å²) in [7, 11) is -5.00. The van der Waals surface area contributed by atoms with E-state index in [-0.39, 0.29) is 59.1 Å². The van der Waals surface area contributed by atoms with Crippen LogP contribution in [0.1, 0.15) is 20.7 Å². The number of benzene rings is 1. The number of rotatable bonds is 3. The summed E-state index contributed by atoms with van der Waals surface area (Å²) in [6, 6.07) is 2.58. The molecule has 7 nitrogen and oxygen atoms in total. The number of carbonyl (C=O) groups is 2. The van der Waals surface area contributed by atoms with Gasteiger partial charge >= 0.3 is 59.1 Å². The first-order valence-corrected chi connectivity index (χ1v) is 5.22. The van der Waals surface area contributed by atoms with Crippen LogP contribution in [0, 0.1) is 0 Å². The van der Waals surface area contributed by atoms with Gasteiger partial charge in [0.2, 0.25) is 0 Å². The van der Waals surface area contributed by atoms with Crippen LogP contribution in [0.5, 0.6) is 0 Å². The standard InChI is InChI=1S/C8H6O7S.2Na/c9-7(10)4-2-1-3-5(8(11)12)6(4)16(13,14)15;;/h1-3H,(H,9,10)(H,11,12)(H,13,14,15);;/q;2*+1/p-2. The van der Waals surface area contributed by atoms with Gasteiger partial charge in [-0.3, -0.25) is 4.55 Å². The molecule has 0 fully saturated rings. The smallest absolute Gasteiger partial charge is 0.545 e. The molecule has 0 saturated heterocycles. The molecule has 0 bridgehead atoms. The fourth-order valence-corrected chi connectivity index (χ4v) is 1.99. The molecular weight excluding hydrogens is 286 g/mol. The molecule has 0 amide bonds. The maximum absolute atomic E-state index is 10.9. The number of hydrogen-bond donors (Lipinski definition) is 1. The molecule has 0 atom stereocenters. The third kappa shape index (κ3) is 4.63. The van der Waals surface area contributed by atoms with Crippen molar-refractivity contribution < 1.29 is 91.9 Å². The summed E-state index contributed by atoms with van der Waals surface area (Å²) >= 11 is 0. The van der Waals surface area contributed by atoms with E-state index in [2.05, 4.69) is 0 Å². The van der Waals surface area contributed by atoms with Crippen LogP contribution in [0.25, 0.3) is 0 Å². The van der Waals surface area contributed by atoms with Crippen molar-refractivity contribution in [3.05, 3.63) is 29.3 Å². The summed E-state index contributed by atoms with van der Waals surface area (Å²) in [6.07, 6.45) is 0. The molecule has 86 valence electrons. The van der Waals surface area contributed by atoms with E-state index in [0.29, 0.717) is 0 Å². The summed E-state index contributed by atoms with van der Waals surface area (Å²) in [4.78, 5) is 19.8. The Bertz CT molecular complexity index is 535. The molecule has 0 aliphatic heterocycles. The largest absolute Gasteiger partial charge is 1.00 e. The number of aromatic carboxylic acids is 2. The van der Waals surface area contributed by atoms with Gasteiger partial charge in [0.15, 0.2) is 0 Å². The molecule has 18 heavy (non-hydrogen) atoms. The maximum Gasteiger partial charge on any atom is 1.00 e. The van der Waals surface area contributed by atoms with Gasteiger partial charge in [0.05, 0.1) is 11.9 Å². The Morgan fingerprint density at radius 1 is 1.00 bits per heavy atom. The number of carboxylic acids is 2. The number of hydrogen-bond acceptors (Lipinski definition) is 6. The summed E-state index contributed by atoms with van der Waals surface area (Å²) in [5.74, 6) is -3.84. The molecule has 1 aromatic carbocycles. The second-order valence-corrected chi connectivity index (χ2v) is 4.09. The van der Waals surface area contributed by atoms with Crippen LogP contribution in [-0.4, -0.2) is 24.9 Å². The summed E-state index contributed by atoms with van der Waals surface area (Å²) in [6.45, 7) is 0. The van der Waals surface area contributed by atoms with Gasteiger partial charge in [0.1, 0.15) is 4.90 Å². The summed E-state index contributed by atoms with van der Waals surface area (Å²) in [5, 5.41) is 21.1. The van der Waals surface area contributed by atoms with Crippen molar-refractivity contribution in [2.45, 2.75) is 4.90 Å². The molecule has 0 spiro atoms. The SMILES string of the molecule is O=C([O-])c1cccc(C(=O)[O-])c1S(=O)(=O)O.[Na+].[Na+]. The van der Waals surface area contributed by atoms with Crippen LogP contribution in [-0.2, 0) is 10.1 Å². The topological polar surface area (TPSA) is 135 Å². The molecule has 0 aromatic heterocycles. The van der Waals surface area contributed by atoms with Crippen LogP contribution < -0.4 is 69.3 Å². The van der Waals surface area contributed by atoms with Gasteiger partial charge in [0.25, 0.3) is 10.1 Å². The van der Waals surface area contributed by atoms with Gasteiger partial charge in [0, 0.05) is 11.1 Å². The van der Waals surface area contributed by atoms with Crippen LogP contribution in [0.4, 0.5) is 0 Å². The first-order chi connectivity index (χ1) is 7.25. The van der Waals surface area contributed by atoms with E-state index in [9.17, 15) is 28.2 Å². The fourth-order valence-electron chi connectivity index (χ4n) is 1.14. The van der Waals surface area contributed by atoms with Crippen molar-refractivity contribution >= 4 is 22.1 Å². The minimum atomic E-state index is -5.00. The van der Waals surface area contributed by atoms with Crippen LogP contribution in [0.3, 0.4) is 0 Å². The summed E-state index contributed by atoms with van der Waals surface area (Å²) in [5.41, 5.74) is -1.88. The van der Waals surface area contributed by atoms with Gasteiger partial charge in [-0.15, -0.1) is 0 Å². The molecule has 0 aliphatic rings. The molecule has 0 aliphatic carbocycles. The third-order valence-electron chi connectivity index (χ3n) is 1.71. The third-order valence-corrected chi connectivity index (χ3v) is 2.67. The van der Waals surface area contributed by atoms with Crippen LogP contribution in [0.2, 0.25) is 0 Å². The van der Waals surface area contributed by atoms with E-state index >= 15 is 0 Å². The average Bonchev–Trinajstić information content (AvgIpc) is 2.15. The first kappa shape index (κ1) is 20.4. The van der Waals surface area contributed by atoms with Crippen molar-refractivity contribution in [1.82, 2.24) is 0 Å². The Morgan fingerprint density at radius 2 is 1.33 bits per heavy atom. The van der Waals surface area contributed by atoms with Crippen molar-refractivity contribution in [3.8, 4) is 0 Å². The molecule has 1 N–H and O–H groups in total. The maximum atomic E-state index is 10.9. The Hall–Kier alpha value is 0.0700. The van der Waals surface area contributed by atoms with E-state index in [4.69, 9.17) is 4.55 Å². The van der Waals surface area contributed by atoms with Gasteiger partial charge in [-0.1, -0.05) is 18.2 Å². The van der Waals surface area contributed by atoms with Crippen molar-refractivity contribution in [2.75, 3.05) is 0 Å². The predicted octanol–water partition coefficient (Wildman–Crippen LogP) is -8.33. The van der Waals surface area contributed by atoms with Crippen LogP contribution in [0.15, 0.2) is 23.1 Å². The molecule has 0 radical (unpaired) electrons. The molecule has 0 heterocycles. The second kappa shape index (κ2) is 7.61. The van der Waals surface area contributed by atoms with Gasteiger partial charge in [-0.05, 0) is 0 Å². The van der Waals surface area contributed by atoms with E-state index in [1.165, 1.54) is 0 Å². The Kier molecular flexibility index (Phi) is 8.62. The minimum absolute atomic E-state index is 0. The van der Waals surface area contributed by atoms with Gasteiger partial charge in [-0.25, -0.2) is 0 Å². The Balaban J connectivity index is 0. The minimum Gasteiger partial charge on any atom is -0.545 e. The average molecular weight is 290 g/mol. The van der Waals surface area contributed by atoms with E-state index < -0.39 is 38.1 Å². The molecule has 1 aromatic rings. The number of carbonyl (C=O) groups excluding carboxylic acids is 2. The zero-order valence-electron chi connectivity index (χ0n) is 9.54. The van der Waals surface area contributed by atoms with Crippen molar-refractivity contribution in [1.29, 1.82) is 0 Å². The molecule has 0 saturated carbocycles. The van der Waals surface area contributed by atoms with Gasteiger partial charge in [-0.2, -0.15) is 8.42 Å². The number of carboxylic acid groups (broad SMARTS) is 2. The molecular formula is C8H4Na2O7S. The van der Waals surface area contributed by atoms with Crippen molar-refractivity contribution in [2.24, 2.45) is 0 Å². The van der Waals surface area contributed by atoms with E-state index in [0.717, 1.165) is 18.2 Å². The normalized spacial score (nSPS) is 9.83. The second-order valence-electron chi connectivity index (χ2n) is 2.73. The Morgan fingerprint density at radius 3 is 1.56 bits per heavy atom. The quantitative estimate of drug-likeness (QED) is 0.431. The molecule has 10 heteroatoms. The molecule has 1 rings (SSSR count). The molecule has 0 unspecified atom stereocenters. The summed E-state index contributed by atoms with van der Waals surface area (Å²) < 4.78 is 30.5. The van der Waals surface area contributed by atoms with Gasteiger partial charge < -0.3 is 19.8 Å². The predicted molar refractivity (Wildman–Crippen MR) is 44.9 cm³/mol. The monoisotopic (exact) mass is 290 g/mol. The first-order valence-electron chi connectivity index (χ1n) is 3.78. The van der Waals surface area contributed by atoms with Crippen LogP contribution >= 0.6 is 0 Å². The van der Waals surface area contributed by atoms with E-state index in [1.54, 1.807) is 0 Å².